The van der Waals surface area contributed by atoms with Gasteiger partial charge < -0.3 is 10.6 Å². The zero-order chi connectivity index (χ0) is 11.4. The summed E-state index contributed by atoms with van der Waals surface area (Å²) in [6.07, 6.45) is 5.34. The Balaban J connectivity index is 2.16. The third-order valence-electron chi connectivity index (χ3n) is 2.49. The molecule has 0 spiro atoms. The van der Waals surface area contributed by atoms with Crippen LogP contribution in [0.5, 0.6) is 0 Å². The van der Waals surface area contributed by atoms with Gasteiger partial charge in [-0.25, -0.2) is 0 Å². The highest BCUT2D eigenvalue weighted by atomic mass is 15.2. The first kappa shape index (κ1) is 10.5. The van der Waals surface area contributed by atoms with Gasteiger partial charge in [-0.1, -0.05) is 0 Å². The Labute approximate surface area is 94.3 Å². The first-order valence-electron chi connectivity index (χ1n) is 5.24. The number of aromatic nitrogens is 3. The van der Waals surface area contributed by atoms with E-state index in [-0.39, 0.29) is 0 Å². The molecule has 5 nitrogen and oxygen atoms in total. The van der Waals surface area contributed by atoms with Gasteiger partial charge in [0, 0.05) is 25.5 Å². The van der Waals surface area contributed by atoms with Crippen LogP contribution in [0.2, 0.25) is 0 Å². The molecule has 2 heterocycles. The highest BCUT2D eigenvalue weighted by Crippen LogP contribution is 2.21. The molecule has 16 heavy (non-hydrogen) atoms. The maximum Gasteiger partial charge on any atom is 0.142 e. The second-order valence-corrected chi connectivity index (χ2v) is 3.54. The third kappa shape index (κ3) is 2.13. The lowest BCUT2D eigenvalue weighted by Gasteiger charge is -2.21. The van der Waals surface area contributed by atoms with Crippen LogP contribution in [-0.4, -0.2) is 21.7 Å². The van der Waals surface area contributed by atoms with Crippen molar-refractivity contribution in [2.75, 3.05) is 17.2 Å². The quantitative estimate of drug-likeness (QED) is 0.812. The highest BCUT2D eigenvalue weighted by Gasteiger charge is 2.09. The largest absolute Gasteiger partial charge is 0.382 e. The van der Waals surface area contributed by atoms with Crippen LogP contribution in [0.1, 0.15) is 12.5 Å². The Morgan fingerprint density at radius 1 is 1.38 bits per heavy atom. The van der Waals surface area contributed by atoms with Crippen molar-refractivity contribution in [3.05, 3.63) is 36.3 Å². The van der Waals surface area contributed by atoms with Gasteiger partial charge in [0.1, 0.15) is 5.82 Å². The Morgan fingerprint density at radius 2 is 2.12 bits per heavy atom. The van der Waals surface area contributed by atoms with Gasteiger partial charge in [-0.15, -0.1) is 0 Å². The molecule has 0 aliphatic heterocycles. The number of pyridine rings is 1. The summed E-state index contributed by atoms with van der Waals surface area (Å²) in [5.41, 5.74) is 7.95. The van der Waals surface area contributed by atoms with E-state index in [1.807, 2.05) is 12.1 Å². The minimum Gasteiger partial charge on any atom is -0.382 e. The van der Waals surface area contributed by atoms with E-state index in [9.17, 15) is 0 Å². The molecule has 5 heteroatoms. The summed E-state index contributed by atoms with van der Waals surface area (Å²) >= 11 is 0. The number of nitrogens with zero attached hydrogens (tertiary/aromatic N) is 3. The van der Waals surface area contributed by atoms with Crippen molar-refractivity contribution in [3.63, 3.8) is 0 Å². The van der Waals surface area contributed by atoms with Crippen LogP contribution in [0.3, 0.4) is 0 Å². The predicted octanol–water partition coefficient (Wildman–Crippen LogP) is 1.41. The molecule has 0 atom stereocenters. The minimum absolute atomic E-state index is 0.607. The van der Waals surface area contributed by atoms with Crippen molar-refractivity contribution < 1.29 is 0 Å². The summed E-state index contributed by atoms with van der Waals surface area (Å²) in [4.78, 5) is 6.16. The smallest absolute Gasteiger partial charge is 0.142 e. The summed E-state index contributed by atoms with van der Waals surface area (Å²) in [5, 5.41) is 6.67. The van der Waals surface area contributed by atoms with Crippen molar-refractivity contribution in [2.24, 2.45) is 0 Å². The van der Waals surface area contributed by atoms with Crippen LogP contribution in [0.4, 0.5) is 11.5 Å². The van der Waals surface area contributed by atoms with Crippen molar-refractivity contribution in [1.29, 1.82) is 0 Å². The number of nitrogens with two attached hydrogens (primary N) is 1. The fourth-order valence-electron chi connectivity index (χ4n) is 1.62. The molecule has 2 aromatic rings. The molecular formula is C11H15N5. The predicted molar refractivity (Wildman–Crippen MR) is 64.0 cm³/mol. The highest BCUT2D eigenvalue weighted by molar-refractivity contribution is 5.62. The lowest BCUT2D eigenvalue weighted by Crippen LogP contribution is -2.22. The van der Waals surface area contributed by atoms with Gasteiger partial charge in [-0.3, -0.25) is 10.1 Å². The molecule has 0 aliphatic rings. The second kappa shape index (κ2) is 4.65. The van der Waals surface area contributed by atoms with E-state index in [1.165, 1.54) is 5.56 Å². The lowest BCUT2D eigenvalue weighted by atomic mass is 10.2. The van der Waals surface area contributed by atoms with Gasteiger partial charge in [0.15, 0.2) is 0 Å². The monoisotopic (exact) mass is 217 g/mol. The molecule has 0 aromatic carbocycles. The molecule has 3 N–H and O–H groups in total. The average molecular weight is 217 g/mol. The molecular weight excluding hydrogens is 202 g/mol. The van der Waals surface area contributed by atoms with E-state index in [2.05, 4.69) is 27.0 Å². The number of aromatic amines is 1. The summed E-state index contributed by atoms with van der Waals surface area (Å²) < 4.78 is 0. The fourth-order valence-corrected chi connectivity index (χ4v) is 1.62. The molecule has 0 aliphatic carbocycles. The van der Waals surface area contributed by atoms with Crippen molar-refractivity contribution >= 4 is 11.5 Å². The van der Waals surface area contributed by atoms with E-state index in [4.69, 9.17) is 5.73 Å². The van der Waals surface area contributed by atoms with Crippen LogP contribution in [0.15, 0.2) is 30.7 Å². The Kier molecular flexibility index (Phi) is 3.05. The average Bonchev–Trinajstić information content (AvgIpc) is 2.74. The molecule has 0 amide bonds. The number of hydrogen-bond acceptors (Lipinski definition) is 4. The number of nitrogens with one attached hydrogen (secondary N) is 1. The van der Waals surface area contributed by atoms with E-state index in [0.717, 1.165) is 18.8 Å². The molecule has 0 bridgehead atoms. The van der Waals surface area contributed by atoms with Crippen molar-refractivity contribution in [1.82, 2.24) is 15.2 Å². The summed E-state index contributed by atoms with van der Waals surface area (Å²) in [6, 6.07) is 4.00. The Hall–Kier alpha value is -2.04. The molecule has 0 unspecified atom stereocenters. The summed E-state index contributed by atoms with van der Waals surface area (Å²) in [5.74, 6) is 0.607. The normalized spacial score (nSPS) is 10.3. The summed E-state index contributed by atoms with van der Waals surface area (Å²) in [6.45, 7) is 3.78. The van der Waals surface area contributed by atoms with Gasteiger partial charge in [0.2, 0.25) is 0 Å². The van der Waals surface area contributed by atoms with Crippen LogP contribution in [0, 0.1) is 0 Å². The van der Waals surface area contributed by atoms with Crippen LogP contribution >= 0.6 is 0 Å². The lowest BCUT2D eigenvalue weighted by molar-refractivity contribution is 0.832. The molecule has 84 valence electrons. The molecule has 0 saturated heterocycles. The fraction of sp³-hybridized carbons (Fsp3) is 0.273. The zero-order valence-corrected chi connectivity index (χ0v) is 9.22. The van der Waals surface area contributed by atoms with Crippen LogP contribution in [-0.2, 0) is 6.54 Å². The first-order chi connectivity index (χ1) is 7.81. The maximum atomic E-state index is 5.80. The third-order valence-corrected chi connectivity index (χ3v) is 2.49. The number of rotatable bonds is 4. The zero-order valence-electron chi connectivity index (χ0n) is 9.22. The van der Waals surface area contributed by atoms with E-state index in [1.54, 1.807) is 18.6 Å². The van der Waals surface area contributed by atoms with Gasteiger partial charge in [-0.05, 0) is 24.6 Å². The number of hydrogen-bond donors (Lipinski definition) is 2. The Morgan fingerprint density at radius 3 is 2.69 bits per heavy atom. The van der Waals surface area contributed by atoms with Gasteiger partial charge >= 0.3 is 0 Å². The molecule has 2 rings (SSSR count). The number of H-pyrrole nitrogens is 1. The number of anilines is 2. The SMILES string of the molecule is CCN(Cc1ccncc1)c1cn[nH]c1N. The van der Waals surface area contributed by atoms with E-state index >= 15 is 0 Å². The Bertz CT molecular complexity index is 437. The van der Waals surface area contributed by atoms with Crippen molar-refractivity contribution in [3.8, 4) is 0 Å². The second-order valence-electron chi connectivity index (χ2n) is 3.54. The topological polar surface area (TPSA) is 70.8 Å². The standard InChI is InChI=1S/C11H15N5/c1-2-16(10-7-14-15-11(10)12)8-9-3-5-13-6-4-9/h3-7H,2,8H2,1H3,(H3,12,14,15). The van der Waals surface area contributed by atoms with Gasteiger partial charge in [0.05, 0.1) is 11.9 Å². The van der Waals surface area contributed by atoms with Gasteiger partial charge in [0.25, 0.3) is 0 Å². The maximum absolute atomic E-state index is 5.80. The first-order valence-corrected chi connectivity index (χ1v) is 5.24. The molecule has 0 fully saturated rings. The van der Waals surface area contributed by atoms with Crippen LogP contribution < -0.4 is 10.6 Å². The molecule has 2 aromatic heterocycles. The minimum atomic E-state index is 0.607. The summed E-state index contributed by atoms with van der Waals surface area (Å²) in [7, 11) is 0. The van der Waals surface area contributed by atoms with Crippen LogP contribution in [0.25, 0.3) is 0 Å². The van der Waals surface area contributed by atoms with E-state index in [0.29, 0.717) is 5.82 Å². The molecule has 0 saturated carbocycles. The molecule has 0 radical (unpaired) electrons. The van der Waals surface area contributed by atoms with Crippen molar-refractivity contribution in [2.45, 2.75) is 13.5 Å². The van der Waals surface area contributed by atoms with E-state index < -0.39 is 0 Å². The number of nitrogen functional groups attached to an aromatic ring is 1. The van der Waals surface area contributed by atoms with Gasteiger partial charge in [-0.2, -0.15) is 5.10 Å².